The first-order valence-corrected chi connectivity index (χ1v) is 9.46. The first-order chi connectivity index (χ1) is 13.3. The van der Waals surface area contributed by atoms with Crippen LogP contribution in [0.3, 0.4) is 0 Å². The summed E-state index contributed by atoms with van der Waals surface area (Å²) in [6.07, 6.45) is 1.33. The minimum Gasteiger partial charge on any atom is -0.491 e. The minimum absolute atomic E-state index is 0.304. The van der Waals surface area contributed by atoms with Crippen LogP contribution >= 0.6 is 0 Å². The third-order valence-electron chi connectivity index (χ3n) is 4.98. The molecule has 0 unspecified atom stereocenters. The van der Waals surface area contributed by atoms with Gasteiger partial charge in [-0.3, -0.25) is 4.90 Å². The Labute approximate surface area is 159 Å². The zero-order valence-electron chi connectivity index (χ0n) is 15.4. The highest BCUT2D eigenvalue weighted by Crippen LogP contribution is 2.20. The van der Waals surface area contributed by atoms with Crippen LogP contribution in [0.1, 0.15) is 0 Å². The van der Waals surface area contributed by atoms with Gasteiger partial charge in [0.25, 0.3) is 0 Å². The second-order valence-electron chi connectivity index (χ2n) is 6.95. The number of aliphatic hydroxyl groups is 1. The number of hydrogen-bond acceptors (Lipinski definition) is 5. The molecule has 1 aromatic heterocycles. The summed E-state index contributed by atoms with van der Waals surface area (Å²) in [5.74, 6) is 1.82. The van der Waals surface area contributed by atoms with Crippen molar-refractivity contribution in [2.75, 3.05) is 44.2 Å². The van der Waals surface area contributed by atoms with Crippen molar-refractivity contribution in [2.45, 2.75) is 6.10 Å². The van der Waals surface area contributed by atoms with E-state index in [1.54, 1.807) is 0 Å². The third-order valence-corrected chi connectivity index (χ3v) is 4.98. The van der Waals surface area contributed by atoms with E-state index in [1.807, 2.05) is 54.7 Å². The van der Waals surface area contributed by atoms with Crippen molar-refractivity contribution < 1.29 is 9.84 Å². The number of aliphatic hydroxyl groups excluding tert-OH is 1. The number of benzene rings is 2. The molecule has 1 aliphatic rings. The molecule has 140 valence electrons. The summed E-state index contributed by atoms with van der Waals surface area (Å²) in [7, 11) is 0. The van der Waals surface area contributed by atoms with Gasteiger partial charge in [-0.1, -0.05) is 36.4 Å². The highest BCUT2D eigenvalue weighted by molar-refractivity contribution is 5.83. The molecule has 27 heavy (non-hydrogen) atoms. The van der Waals surface area contributed by atoms with Crippen LogP contribution in [0.2, 0.25) is 0 Å². The van der Waals surface area contributed by atoms with Crippen LogP contribution in [0.5, 0.6) is 5.75 Å². The molecule has 2 heterocycles. The molecule has 1 aliphatic heterocycles. The van der Waals surface area contributed by atoms with Crippen LogP contribution in [0, 0.1) is 0 Å². The van der Waals surface area contributed by atoms with Crippen molar-refractivity contribution in [1.82, 2.24) is 9.88 Å². The second-order valence-corrected chi connectivity index (χ2v) is 6.95. The Morgan fingerprint density at radius 2 is 1.70 bits per heavy atom. The van der Waals surface area contributed by atoms with Crippen molar-refractivity contribution in [2.24, 2.45) is 0 Å². The maximum atomic E-state index is 10.4. The topological polar surface area (TPSA) is 48.8 Å². The average molecular weight is 363 g/mol. The Kier molecular flexibility index (Phi) is 5.51. The molecule has 0 saturated carbocycles. The molecule has 1 saturated heterocycles. The van der Waals surface area contributed by atoms with Gasteiger partial charge in [0.2, 0.25) is 0 Å². The molecule has 0 radical (unpaired) electrons. The Morgan fingerprint density at radius 1 is 0.926 bits per heavy atom. The van der Waals surface area contributed by atoms with Gasteiger partial charge in [0.1, 0.15) is 24.3 Å². The van der Waals surface area contributed by atoms with E-state index >= 15 is 0 Å². The maximum Gasteiger partial charge on any atom is 0.128 e. The zero-order chi connectivity index (χ0) is 18.5. The third kappa shape index (κ3) is 4.56. The molecule has 3 aromatic rings. The predicted octanol–water partition coefficient (Wildman–Crippen LogP) is 2.80. The van der Waals surface area contributed by atoms with Crippen LogP contribution in [-0.2, 0) is 0 Å². The lowest BCUT2D eigenvalue weighted by molar-refractivity contribution is 0.0663. The summed E-state index contributed by atoms with van der Waals surface area (Å²) in [6, 6.07) is 20.2. The quantitative estimate of drug-likeness (QED) is 0.730. The van der Waals surface area contributed by atoms with Gasteiger partial charge in [-0.05, 0) is 35.0 Å². The first kappa shape index (κ1) is 17.8. The summed E-state index contributed by atoms with van der Waals surface area (Å²) < 4.78 is 5.81. The van der Waals surface area contributed by atoms with Crippen molar-refractivity contribution in [3.8, 4) is 5.75 Å². The number of anilines is 1. The summed E-state index contributed by atoms with van der Waals surface area (Å²) in [6.45, 7) is 4.63. The molecule has 0 spiro atoms. The van der Waals surface area contributed by atoms with E-state index in [-0.39, 0.29) is 0 Å². The molecule has 5 nitrogen and oxygen atoms in total. The van der Waals surface area contributed by atoms with Gasteiger partial charge in [-0.25, -0.2) is 4.98 Å². The number of β-amino-alcohol motifs (C(OH)–C–C–N with tert-alkyl or cyclic N) is 1. The van der Waals surface area contributed by atoms with E-state index < -0.39 is 6.10 Å². The number of nitrogens with zero attached hydrogens (tertiary/aromatic N) is 3. The summed E-state index contributed by atoms with van der Waals surface area (Å²) in [5.41, 5.74) is 0. The number of piperazine rings is 1. The molecule has 5 heteroatoms. The standard InChI is InChI=1S/C22H25N3O2/c26-20(17-27-21-9-8-18-5-1-2-6-19(18)15-21)16-24-11-13-25(14-12-24)22-7-3-4-10-23-22/h1-10,15,20,26H,11-14,16-17H2/t20-/m0/s1. The number of ether oxygens (including phenoxy) is 1. The van der Waals surface area contributed by atoms with Crippen LogP contribution in [0.15, 0.2) is 66.9 Å². The normalized spacial score (nSPS) is 16.4. The molecular weight excluding hydrogens is 338 g/mol. The monoisotopic (exact) mass is 363 g/mol. The van der Waals surface area contributed by atoms with Gasteiger partial charge in [-0.2, -0.15) is 0 Å². The van der Waals surface area contributed by atoms with E-state index in [9.17, 15) is 5.11 Å². The van der Waals surface area contributed by atoms with E-state index in [0.717, 1.165) is 43.1 Å². The summed E-state index contributed by atoms with van der Waals surface area (Å²) >= 11 is 0. The number of rotatable bonds is 6. The Morgan fingerprint density at radius 3 is 2.48 bits per heavy atom. The van der Waals surface area contributed by atoms with Gasteiger partial charge in [0, 0.05) is 38.9 Å². The maximum absolute atomic E-state index is 10.4. The molecular formula is C22H25N3O2. The Bertz CT molecular complexity index is 864. The molecule has 1 N–H and O–H groups in total. The smallest absolute Gasteiger partial charge is 0.128 e. The molecule has 1 fully saturated rings. The minimum atomic E-state index is -0.502. The van der Waals surface area contributed by atoms with E-state index in [4.69, 9.17) is 4.74 Å². The van der Waals surface area contributed by atoms with Gasteiger partial charge >= 0.3 is 0 Å². The fourth-order valence-corrected chi connectivity index (χ4v) is 3.50. The fourth-order valence-electron chi connectivity index (χ4n) is 3.50. The number of pyridine rings is 1. The van der Waals surface area contributed by atoms with E-state index in [1.165, 1.54) is 5.39 Å². The van der Waals surface area contributed by atoms with Crippen molar-refractivity contribution >= 4 is 16.6 Å². The average Bonchev–Trinajstić information content (AvgIpc) is 2.73. The molecule has 4 rings (SSSR count). The number of fused-ring (bicyclic) bond motifs is 1. The SMILES string of the molecule is O[C@H](COc1ccc2ccccc2c1)CN1CCN(c2ccccn2)CC1. The highest BCUT2D eigenvalue weighted by atomic mass is 16.5. The lowest BCUT2D eigenvalue weighted by Crippen LogP contribution is -2.49. The van der Waals surface area contributed by atoms with Crippen molar-refractivity contribution in [3.05, 3.63) is 66.9 Å². The number of aromatic nitrogens is 1. The fraction of sp³-hybridized carbons (Fsp3) is 0.318. The first-order valence-electron chi connectivity index (χ1n) is 9.46. The van der Waals surface area contributed by atoms with Crippen LogP contribution in [0.25, 0.3) is 10.8 Å². The van der Waals surface area contributed by atoms with Gasteiger partial charge in [0.05, 0.1) is 0 Å². The van der Waals surface area contributed by atoms with Crippen molar-refractivity contribution in [1.29, 1.82) is 0 Å². The van der Waals surface area contributed by atoms with Gasteiger partial charge < -0.3 is 14.7 Å². The molecule has 2 aromatic carbocycles. The highest BCUT2D eigenvalue weighted by Gasteiger charge is 2.20. The van der Waals surface area contributed by atoms with E-state index in [2.05, 4.69) is 26.9 Å². The van der Waals surface area contributed by atoms with E-state index in [0.29, 0.717) is 13.2 Å². The van der Waals surface area contributed by atoms with Gasteiger partial charge in [0.15, 0.2) is 0 Å². The van der Waals surface area contributed by atoms with Crippen LogP contribution < -0.4 is 9.64 Å². The largest absolute Gasteiger partial charge is 0.491 e. The lowest BCUT2D eigenvalue weighted by atomic mass is 10.1. The summed E-state index contributed by atoms with van der Waals surface area (Å²) in [5, 5.41) is 12.7. The Hall–Kier alpha value is -2.63. The summed E-state index contributed by atoms with van der Waals surface area (Å²) in [4.78, 5) is 8.98. The second kappa shape index (κ2) is 8.37. The molecule has 0 amide bonds. The van der Waals surface area contributed by atoms with Crippen LogP contribution in [-0.4, -0.2) is 60.4 Å². The zero-order valence-corrected chi connectivity index (χ0v) is 15.4. The lowest BCUT2D eigenvalue weighted by Gasteiger charge is -2.36. The van der Waals surface area contributed by atoms with Crippen LogP contribution in [0.4, 0.5) is 5.82 Å². The predicted molar refractivity (Wildman–Crippen MR) is 108 cm³/mol. The molecule has 0 aliphatic carbocycles. The van der Waals surface area contributed by atoms with Crippen molar-refractivity contribution in [3.63, 3.8) is 0 Å². The molecule has 1 atom stereocenters. The number of hydrogen-bond donors (Lipinski definition) is 1. The Balaban J connectivity index is 1.24. The molecule has 0 bridgehead atoms. The van der Waals surface area contributed by atoms with Gasteiger partial charge in [-0.15, -0.1) is 0 Å².